The fourth-order valence-electron chi connectivity index (χ4n) is 4.13. The summed E-state index contributed by atoms with van der Waals surface area (Å²) in [5, 5.41) is 10.4. The first-order valence-electron chi connectivity index (χ1n) is 9.63. The van der Waals surface area contributed by atoms with Gasteiger partial charge in [-0.25, -0.2) is 4.98 Å². The molecule has 1 N–H and O–H groups in total. The Morgan fingerprint density at radius 1 is 1.36 bits per heavy atom. The van der Waals surface area contributed by atoms with E-state index in [1.54, 1.807) is 28.4 Å². The number of hydrogen-bond acceptors (Lipinski definition) is 5. The van der Waals surface area contributed by atoms with Crippen molar-refractivity contribution in [2.45, 2.75) is 25.4 Å². The molecule has 3 aliphatic rings. The van der Waals surface area contributed by atoms with Gasteiger partial charge in [-0.05, 0) is 44.0 Å². The first kappa shape index (κ1) is 17.4. The molecule has 0 aliphatic carbocycles. The fraction of sp³-hybridized carbons (Fsp3) is 0.381. The van der Waals surface area contributed by atoms with Gasteiger partial charge in [-0.2, -0.15) is 5.10 Å². The molecule has 6 nitrogen and oxygen atoms in total. The lowest BCUT2D eigenvalue weighted by Crippen LogP contribution is -2.57. The van der Waals surface area contributed by atoms with Gasteiger partial charge < -0.3 is 10.2 Å². The minimum absolute atomic E-state index is 0.0812. The lowest BCUT2D eigenvalue weighted by atomic mass is 9.84. The molecule has 0 saturated carbocycles. The Balaban J connectivity index is 1.34. The number of rotatable bonds is 3. The van der Waals surface area contributed by atoms with E-state index in [0.29, 0.717) is 18.2 Å². The summed E-state index contributed by atoms with van der Waals surface area (Å²) in [5.74, 6) is 6.87. The lowest BCUT2D eigenvalue weighted by Gasteiger charge is -2.44. The predicted molar refractivity (Wildman–Crippen MR) is 109 cm³/mol. The molecule has 1 atom stereocenters. The zero-order chi connectivity index (χ0) is 18.9. The van der Waals surface area contributed by atoms with Gasteiger partial charge in [0.2, 0.25) is 0 Å². The maximum absolute atomic E-state index is 12.8. The van der Waals surface area contributed by atoms with Crippen LogP contribution in [0.25, 0.3) is 10.1 Å². The highest BCUT2D eigenvalue weighted by Crippen LogP contribution is 2.28. The number of nitrogens with one attached hydrogen (secondary N) is 1. The summed E-state index contributed by atoms with van der Waals surface area (Å²) in [7, 11) is 0. The van der Waals surface area contributed by atoms with Crippen LogP contribution in [0.3, 0.4) is 0 Å². The van der Waals surface area contributed by atoms with Gasteiger partial charge in [0.1, 0.15) is 12.2 Å². The third-order valence-electron chi connectivity index (χ3n) is 5.69. The van der Waals surface area contributed by atoms with Crippen molar-refractivity contribution in [3.8, 4) is 11.8 Å². The number of piperidine rings is 3. The van der Waals surface area contributed by atoms with Gasteiger partial charge in [0.25, 0.3) is 5.91 Å². The summed E-state index contributed by atoms with van der Waals surface area (Å²) in [4.78, 5) is 19.6. The number of pyridine rings is 1. The standard InChI is InChI=1S/C21H21N5OS/c27-21(24-19-13-25-9-4-15(19)5-10-25)18-11-17-16(14-28-20(17)12-22-18)3-1-7-26-8-2-6-23-26/h2,6,8,11-12,14-15,19H,4-5,7,9-10,13H2,(H,24,27). The van der Waals surface area contributed by atoms with E-state index in [1.807, 2.05) is 23.7 Å². The topological polar surface area (TPSA) is 63.1 Å². The second-order valence-electron chi connectivity index (χ2n) is 7.44. The Hall–Kier alpha value is -2.69. The molecule has 3 fully saturated rings. The molecule has 3 aliphatic heterocycles. The molecule has 3 aromatic rings. The van der Waals surface area contributed by atoms with Crippen LogP contribution in [0.2, 0.25) is 0 Å². The maximum atomic E-state index is 12.8. The first-order chi connectivity index (χ1) is 13.8. The molecule has 6 rings (SSSR count). The predicted octanol–water partition coefficient (Wildman–Crippen LogP) is 2.37. The quantitative estimate of drug-likeness (QED) is 0.697. The maximum Gasteiger partial charge on any atom is 0.270 e. The van der Waals surface area contributed by atoms with Gasteiger partial charge in [0.15, 0.2) is 0 Å². The SMILES string of the molecule is O=C(NC1CN2CCC1CC2)c1cc2c(C#CCn3cccn3)csc2cn1. The molecule has 28 heavy (non-hydrogen) atoms. The third kappa shape index (κ3) is 3.41. The highest BCUT2D eigenvalue weighted by atomic mass is 32.1. The van der Waals surface area contributed by atoms with Crippen LogP contribution in [0, 0.1) is 17.8 Å². The van der Waals surface area contributed by atoms with E-state index in [2.05, 4.69) is 32.1 Å². The number of nitrogens with zero attached hydrogens (tertiary/aromatic N) is 4. The van der Waals surface area contributed by atoms with E-state index in [-0.39, 0.29) is 11.9 Å². The van der Waals surface area contributed by atoms with E-state index in [4.69, 9.17) is 0 Å². The van der Waals surface area contributed by atoms with Crippen LogP contribution in [0.5, 0.6) is 0 Å². The largest absolute Gasteiger partial charge is 0.346 e. The molecule has 2 bridgehead atoms. The van der Waals surface area contributed by atoms with Crippen molar-refractivity contribution in [3.05, 3.63) is 47.4 Å². The number of fused-ring (bicyclic) bond motifs is 4. The van der Waals surface area contributed by atoms with Crippen LogP contribution in [0.1, 0.15) is 28.9 Å². The van der Waals surface area contributed by atoms with Crippen molar-refractivity contribution < 1.29 is 4.79 Å². The number of aromatic nitrogens is 3. The molecule has 0 spiro atoms. The van der Waals surface area contributed by atoms with Gasteiger partial charge in [-0.3, -0.25) is 9.48 Å². The average molecular weight is 392 g/mol. The molecule has 7 heteroatoms. The van der Waals surface area contributed by atoms with Gasteiger partial charge >= 0.3 is 0 Å². The second kappa shape index (κ2) is 7.38. The molecule has 0 aromatic carbocycles. The molecular formula is C21H21N5OS. The highest BCUT2D eigenvalue weighted by molar-refractivity contribution is 7.17. The molecule has 142 valence electrons. The van der Waals surface area contributed by atoms with Crippen LogP contribution in [-0.4, -0.2) is 51.2 Å². The number of amides is 1. The Morgan fingerprint density at radius 3 is 3.00 bits per heavy atom. The second-order valence-corrected chi connectivity index (χ2v) is 8.35. The average Bonchev–Trinajstić information content (AvgIpc) is 3.39. The first-order valence-corrected chi connectivity index (χ1v) is 10.5. The minimum Gasteiger partial charge on any atom is -0.346 e. The van der Waals surface area contributed by atoms with Crippen molar-refractivity contribution in [3.63, 3.8) is 0 Å². The zero-order valence-electron chi connectivity index (χ0n) is 15.5. The fourth-order valence-corrected chi connectivity index (χ4v) is 4.97. The van der Waals surface area contributed by atoms with Crippen LogP contribution < -0.4 is 5.32 Å². The smallest absolute Gasteiger partial charge is 0.270 e. The highest BCUT2D eigenvalue weighted by Gasteiger charge is 2.35. The van der Waals surface area contributed by atoms with Crippen LogP contribution in [0.4, 0.5) is 0 Å². The Morgan fingerprint density at radius 2 is 2.25 bits per heavy atom. The Labute approximate surface area is 167 Å². The molecule has 1 unspecified atom stereocenters. The van der Waals surface area contributed by atoms with Crippen molar-refractivity contribution in [2.24, 2.45) is 5.92 Å². The molecular weight excluding hydrogens is 370 g/mol. The van der Waals surface area contributed by atoms with Crippen molar-refractivity contribution in [1.29, 1.82) is 0 Å². The summed E-state index contributed by atoms with van der Waals surface area (Å²) in [6.07, 6.45) is 7.77. The summed E-state index contributed by atoms with van der Waals surface area (Å²) >= 11 is 1.60. The Kier molecular flexibility index (Phi) is 4.59. The van der Waals surface area contributed by atoms with Crippen molar-refractivity contribution in [1.82, 2.24) is 25.0 Å². The van der Waals surface area contributed by atoms with Gasteiger partial charge in [-0.1, -0.05) is 11.8 Å². The van der Waals surface area contributed by atoms with E-state index >= 15 is 0 Å². The van der Waals surface area contributed by atoms with Crippen LogP contribution in [0.15, 0.2) is 36.1 Å². The number of thiophene rings is 1. The molecule has 3 aromatic heterocycles. The van der Waals surface area contributed by atoms with Gasteiger partial charge in [0.05, 0.1) is 4.70 Å². The lowest BCUT2D eigenvalue weighted by molar-refractivity contribution is 0.0618. The van der Waals surface area contributed by atoms with E-state index in [0.717, 1.165) is 35.3 Å². The van der Waals surface area contributed by atoms with Crippen LogP contribution >= 0.6 is 11.3 Å². The van der Waals surface area contributed by atoms with Crippen molar-refractivity contribution in [2.75, 3.05) is 19.6 Å². The molecule has 3 saturated heterocycles. The van der Waals surface area contributed by atoms with E-state index < -0.39 is 0 Å². The van der Waals surface area contributed by atoms with Gasteiger partial charge in [0, 0.05) is 47.5 Å². The zero-order valence-corrected chi connectivity index (χ0v) is 16.3. The number of carbonyl (C=O) groups is 1. The summed E-state index contributed by atoms with van der Waals surface area (Å²) in [6.45, 7) is 3.83. The van der Waals surface area contributed by atoms with E-state index in [1.165, 1.54) is 12.8 Å². The van der Waals surface area contributed by atoms with Crippen LogP contribution in [-0.2, 0) is 6.54 Å². The summed E-state index contributed by atoms with van der Waals surface area (Å²) < 4.78 is 2.83. The minimum atomic E-state index is -0.0812. The third-order valence-corrected chi connectivity index (χ3v) is 6.62. The molecule has 1 amide bonds. The number of hydrogen-bond donors (Lipinski definition) is 1. The monoisotopic (exact) mass is 391 g/mol. The normalized spacial score (nSPS) is 23.4. The summed E-state index contributed by atoms with van der Waals surface area (Å²) in [6, 6.07) is 4.00. The summed E-state index contributed by atoms with van der Waals surface area (Å²) in [5.41, 5.74) is 1.41. The molecule has 0 radical (unpaired) electrons. The number of carbonyl (C=O) groups excluding carboxylic acids is 1. The Bertz CT molecular complexity index is 1050. The van der Waals surface area contributed by atoms with Crippen molar-refractivity contribution >= 4 is 27.3 Å². The molecule has 6 heterocycles. The van der Waals surface area contributed by atoms with E-state index in [9.17, 15) is 4.79 Å². The van der Waals surface area contributed by atoms with Gasteiger partial charge in [-0.15, -0.1) is 11.3 Å².